The third-order valence-corrected chi connectivity index (χ3v) is 9.67. The Bertz CT molecular complexity index is 2950. The fourth-order valence-corrected chi connectivity index (χ4v) is 6.74. The Morgan fingerprint density at radius 2 is 1.04 bits per heavy atom. The van der Waals surface area contributed by atoms with Crippen molar-refractivity contribution in [1.82, 2.24) is 0 Å². The minimum atomic E-state index is -4.94. The Morgan fingerprint density at radius 1 is 0.579 bits per heavy atom. The van der Waals surface area contributed by atoms with Crippen molar-refractivity contribution in [3.05, 3.63) is 103 Å². The van der Waals surface area contributed by atoms with E-state index in [4.69, 9.17) is 5.41 Å². The van der Waals surface area contributed by atoms with E-state index in [1.165, 1.54) is 91.9 Å². The summed E-state index contributed by atoms with van der Waals surface area (Å²) in [6.45, 7) is 1.39. The van der Waals surface area contributed by atoms with Crippen LogP contribution in [0.5, 0.6) is 11.5 Å². The second-order valence-electron chi connectivity index (χ2n) is 12.0. The van der Waals surface area contributed by atoms with E-state index in [9.17, 15) is 51.5 Å². The molecule has 57 heavy (non-hydrogen) atoms. The third-order valence-electron chi connectivity index (χ3n) is 7.94. The van der Waals surface area contributed by atoms with Gasteiger partial charge >= 0.3 is 0 Å². The molecule has 0 atom stereocenters. The van der Waals surface area contributed by atoms with Crippen molar-refractivity contribution < 1.29 is 51.5 Å². The number of nitrogens with one attached hydrogen (secondary N) is 2. The number of azo groups is 2. The molecule has 0 aliphatic rings. The van der Waals surface area contributed by atoms with Gasteiger partial charge in [0.2, 0.25) is 5.90 Å². The van der Waals surface area contributed by atoms with Gasteiger partial charge in [-0.1, -0.05) is 0 Å². The molecule has 0 radical (unpaired) electrons. The number of aliphatic hydroxyl groups is 3. The van der Waals surface area contributed by atoms with E-state index in [2.05, 4.69) is 35.8 Å². The lowest BCUT2D eigenvalue weighted by Gasteiger charge is -2.10. The number of nitrogens with zero attached hydrogens (tertiary/aromatic N) is 6. The molecule has 290 valence electrons. The molecule has 0 aromatic heterocycles. The van der Waals surface area contributed by atoms with Gasteiger partial charge in [-0.25, -0.2) is 9.98 Å². The van der Waals surface area contributed by atoms with Gasteiger partial charge in [0.15, 0.2) is 17.4 Å². The number of amidine groups is 1. The Morgan fingerprint density at radius 3 is 1.53 bits per heavy atom. The molecule has 0 spiro atoms. The highest BCUT2D eigenvalue weighted by Gasteiger charge is 2.24. The van der Waals surface area contributed by atoms with Crippen LogP contribution in [0.25, 0.3) is 21.5 Å². The SMILES string of the molecule is CC(O)=Nc1ccc(N=Nc2c(S(=O)(=O)O)cc3cc(N=C(O)c4ccc(N=Nc5c(S(=O)(=O)O)cc6cc(NC(=N)O)ccc6c5O)cc4)ccc3c2O)cc1. The summed E-state index contributed by atoms with van der Waals surface area (Å²) in [6, 6.07) is 21.0. The van der Waals surface area contributed by atoms with Gasteiger partial charge in [0.05, 0.1) is 22.7 Å². The van der Waals surface area contributed by atoms with Crippen LogP contribution in [0.15, 0.2) is 137 Å². The standard InChI is InChI=1S/C36H28N8O11S2/c1-18(45)38-22-6-8-24(9-7-22)42-44-32-29(56(50,51)52)16-20-14-25(10-12-27(20)33(32)46)39-35(48)19-2-4-23(5-3-19)41-43-31-30(57(53,54)55)17-21-15-26(40-36(37)49)11-13-28(21)34(31)47/h2-17,46-47H,1H3,(H,38,45)(H,39,48)(H3,37,40,49)(H,50,51,52)(H,53,54,55). The highest BCUT2D eigenvalue weighted by atomic mass is 32.2. The summed E-state index contributed by atoms with van der Waals surface area (Å²) in [6.07, 6.45) is 0. The average molecular weight is 813 g/mol. The van der Waals surface area contributed by atoms with Crippen LogP contribution in [-0.2, 0) is 20.2 Å². The zero-order valence-corrected chi connectivity index (χ0v) is 30.6. The molecule has 0 aliphatic carbocycles. The van der Waals surface area contributed by atoms with Crippen LogP contribution in [-0.4, -0.2) is 69.3 Å². The molecule has 6 aromatic carbocycles. The van der Waals surface area contributed by atoms with Gasteiger partial charge in [-0.05, 0) is 108 Å². The zero-order valence-electron chi connectivity index (χ0n) is 29.0. The Balaban J connectivity index is 1.27. The fourth-order valence-electron chi connectivity index (χ4n) is 5.42. The van der Waals surface area contributed by atoms with E-state index in [-0.39, 0.29) is 55.8 Å². The van der Waals surface area contributed by atoms with Crippen molar-refractivity contribution in [3.63, 3.8) is 0 Å². The summed E-state index contributed by atoms with van der Waals surface area (Å²) in [5.41, 5.74) is 0.167. The maximum atomic E-state index is 12.3. The van der Waals surface area contributed by atoms with Crippen LogP contribution in [0, 0.1) is 5.41 Å². The van der Waals surface area contributed by atoms with Crippen molar-refractivity contribution in [2.45, 2.75) is 16.7 Å². The number of hydrogen-bond donors (Lipinski definition) is 9. The predicted octanol–water partition coefficient (Wildman–Crippen LogP) is 8.88. The lowest BCUT2D eigenvalue weighted by molar-refractivity contribution is 0.471. The minimum absolute atomic E-state index is 0.106. The summed E-state index contributed by atoms with van der Waals surface area (Å²) >= 11 is 0. The molecule has 0 unspecified atom stereocenters. The van der Waals surface area contributed by atoms with Gasteiger partial charge in [-0.15, -0.1) is 10.2 Å². The molecule has 0 fully saturated rings. The maximum absolute atomic E-state index is 12.3. The number of rotatable bonds is 10. The van der Waals surface area contributed by atoms with Gasteiger partial charge in [0.1, 0.15) is 21.2 Å². The van der Waals surface area contributed by atoms with Crippen molar-refractivity contribution in [2.75, 3.05) is 5.32 Å². The number of benzene rings is 6. The van der Waals surface area contributed by atoms with Crippen LogP contribution in [0.2, 0.25) is 0 Å². The summed E-state index contributed by atoms with van der Waals surface area (Å²) in [5.74, 6) is -1.90. The summed E-state index contributed by atoms with van der Waals surface area (Å²) in [5, 5.41) is 76.8. The van der Waals surface area contributed by atoms with Crippen LogP contribution in [0.3, 0.4) is 0 Å². The van der Waals surface area contributed by atoms with Crippen molar-refractivity contribution >= 4 is 99.4 Å². The number of aliphatic imine (C=N–C) groups is 2. The molecule has 0 heterocycles. The van der Waals surface area contributed by atoms with E-state index in [1.807, 2.05) is 0 Å². The summed E-state index contributed by atoms with van der Waals surface area (Å²) < 4.78 is 68.9. The van der Waals surface area contributed by atoms with Crippen molar-refractivity contribution in [1.29, 1.82) is 5.41 Å². The largest absolute Gasteiger partial charge is 0.505 e. The van der Waals surface area contributed by atoms with E-state index < -0.39 is 64.8 Å². The second-order valence-corrected chi connectivity index (χ2v) is 14.7. The first-order valence-corrected chi connectivity index (χ1v) is 18.9. The number of hydrogen-bond acceptors (Lipinski definition) is 13. The van der Waals surface area contributed by atoms with E-state index in [0.717, 1.165) is 12.1 Å². The summed E-state index contributed by atoms with van der Waals surface area (Å²) in [7, 11) is -9.87. The number of phenolic OH excluding ortho intramolecular Hbond substituents is 2. The Kier molecular flexibility index (Phi) is 10.7. The lowest BCUT2D eigenvalue weighted by Crippen LogP contribution is -2.08. The average Bonchev–Trinajstić information content (AvgIpc) is 3.13. The monoisotopic (exact) mass is 812 g/mol. The number of fused-ring (bicyclic) bond motifs is 2. The van der Waals surface area contributed by atoms with E-state index in [0.29, 0.717) is 5.69 Å². The predicted molar refractivity (Wildman–Crippen MR) is 210 cm³/mol. The molecular formula is C36H28N8O11S2. The third kappa shape index (κ3) is 8.98. The number of aromatic hydroxyl groups is 2. The molecule has 0 saturated heterocycles. The lowest BCUT2D eigenvalue weighted by atomic mass is 10.1. The summed E-state index contributed by atoms with van der Waals surface area (Å²) in [4.78, 5) is 6.50. The van der Waals surface area contributed by atoms with Gasteiger partial charge < -0.3 is 30.8 Å². The quantitative estimate of drug-likeness (QED) is 0.0271. The van der Waals surface area contributed by atoms with Gasteiger partial charge in [-0.2, -0.15) is 27.1 Å². The van der Waals surface area contributed by atoms with Crippen molar-refractivity contribution in [3.8, 4) is 11.5 Å². The first kappa shape index (κ1) is 39.4. The minimum Gasteiger partial charge on any atom is -0.505 e. The molecule has 0 aliphatic heterocycles. The fraction of sp³-hybridized carbons (Fsp3) is 0.0278. The van der Waals surface area contributed by atoms with Crippen LogP contribution < -0.4 is 5.32 Å². The Hall–Kier alpha value is -7.33. The maximum Gasteiger partial charge on any atom is 0.296 e. The van der Waals surface area contributed by atoms with Crippen LogP contribution >= 0.6 is 0 Å². The van der Waals surface area contributed by atoms with Crippen LogP contribution in [0.1, 0.15) is 12.5 Å². The first-order valence-electron chi connectivity index (χ1n) is 16.0. The number of phenols is 2. The molecule has 21 heteroatoms. The molecule has 0 bridgehead atoms. The molecule has 6 aromatic rings. The zero-order chi connectivity index (χ0) is 41.2. The highest BCUT2D eigenvalue weighted by Crippen LogP contribution is 2.44. The molecular weight excluding hydrogens is 785 g/mol. The topological polar surface area (TPSA) is 320 Å². The van der Waals surface area contributed by atoms with Gasteiger partial charge in [-0.3, -0.25) is 14.5 Å². The normalized spacial score (nSPS) is 12.9. The molecule has 0 saturated carbocycles. The Labute approximate surface area is 322 Å². The first-order chi connectivity index (χ1) is 26.9. The van der Waals surface area contributed by atoms with Gasteiger partial charge in [0.25, 0.3) is 26.3 Å². The molecule has 6 rings (SSSR count). The molecule has 19 nitrogen and oxygen atoms in total. The number of aliphatic hydroxyl groups excluding tert-OH is 3. The van der Waals surface area contributed by atoms with Crippen LogP contribution in [0.4, 0.5) is 39.8 Å². The van der Waals surface area contributed by atoms with E-state index >= 15 is 0 Å². The second kappa shape index (κ2) is 15.4. The van der Waals surface area contributed by atoms with Crippen molar-refractivity contribution in [2.24, 2.45) is 30.4 Å². The van der Waals surface area contributed by atoms with Gasteiger partial charge in [0, 0.05) is 28.9 Å². The molecule has 9 N–H and O–H groups in total. The number of anilines is 1. The molecule has 0 amide bonds. The highest BCUT2D eigenvalue weighted by molar-refractivity contribution is 7.86. The smallest absolute Gasteiger partial charge is 0.296 e. The van der Waals surface area contributed by atoms with E-state index in [1.54, 1.807) is 0 Å².